The van der Waals surface area contributed by atoms with E-state index in [4.69, 9.17) is 0 Å². The molecule has 1 aromatic carbocycles. The van der Waals surface area contributed by atoms with E-state index in [-0.39, 0.29) is 5.56 Å². The summed E-state index contributed by atoms with van der Waals surface area (Å²) in [5.74, 6) is 0. The van der Waals surface area contributed by atoms with Crippen molar-refractivity contribution in [3.8, 4) is 0 Å². The molecule has 78 valence electrons. The highest BCUT2D eigenvalue weighted by molar-refractivity contribution is 7.18. The van der Waals surface area contributed by atoms with Crippen LogP contribution in [0, 0.1) is 0 Å². The second-order valence-electron chi connectivity index (χ2n) is 3.15. The van der Waals surface area contributed by atoms with Gasteiger partial charge in [-0.15, -0.1) is 0 Å². The molecule has 0 saturated carbocycles. The summed E-state index contributed by atoms with van der Waals surface area (Å²) in [5.41, 5.74) is -0.835. The molecule has 0 nitrogen and oxygen atoms in total. The summed E-state index contributed by atoms with van der Waals surface area (Å²) >= 11 is 0. The standard InChI is InChI=1S/C9H9F4P/c1-8(10,14)6-3-2-4-7(5-6)9(11,12)13/h2-5H,14H2,1H3. The van der Waals surface area contributed by atoms with Crippen LogP contribution in [-0.2, 0) is 11.6 Å². The van der Waals surface area contributed by atoms with Gasteiger partial charge in [0.25, 0.3) is 0 Å². The molecule has 0 aliphatic heterocycles. The van der Waals surface area contributed by atoms with Crippen LogP contribution in [0.2, 0.25) is 0 Å². The molecule has 1 aromatic rings. The summed E-state index contributed by atoms with van der Waals surface area (Å²) in [6, 6.07) is 4.25. The number of hydrogen-bond acceptors (Lipinski definition) is 0. The van der Waals surface area contributed by atoms with E-state index in [1.807, 2.05) is 9.24 Å². The van der Waals surface area contributed by atoms with Gasteiger partial charge in [0.2, 0.25) is 0 Å². The predicted molar refractivity (Wildman–Crippen MR) is 49.6 cm³/mol. The molecule has 0 aliphatic carbocycles. The van der Waals surface area contributed by atoms with Crippen molar-refractivity contribution < 1.29 is 17.6 Å². The van der Waals surface area contributed by atoms with E-state index in [1.54, 1.807) is 0 Å². The van der Waals surface area contributed by atoms with Crippen molar-refractivity contribution >= 4 is 9.24 Å². The Balaban J connectivity index is 3.15. The third kappa shape index (κ3) is 2.68. The summed E-state index contributed by atoms with van der Waals surface area (Å²) in [7, 11) is 1.86. The Morgan fingerprint density at radius 2 is 1.57 bits per heavy atom. The predicted octanol–water partition coefficient (Wildman–Crippen LogP) is 3.72. The van der Waals surface area contributed by atoms with Gasteiger partial charge in [-0.1, -0.05) is 21.4 Å². The first-order chi connectivity index (χ1) is 6.21. The van der Waals surface area contributed by atoms with E-state index < -0.39 is 17.1 Å². The fourth-order valence-electron chi connectivity index (χ4n) is 1.000. The highest BCUT2D eigenvalue weighted by atomic mass is 31.0. The molecule has 0 saturated heterocycles. The minimum Gasteiger partial charge on any atom is -0.235 e. The van der Waals surface area contributed by atoms with Crippen LogP contribution in [0.5, 0.6) is 0 Å². The van der Waals surface area contributed by atoms with E-state index in [2.05, 4.69) is 0 Å². The van der Waals surface area contributed by atoms with Gasteiger partial charge in [0.15, 0.2) is 0 Å². The zero-order valence-electron chi connectivity index (χ0n) is 7.40. The van der Waals surface area contributed by atoms with Gasteiger partial charge < -0.3 is 0 Å². The maximum atomic E-state index is 13.3. The molecule has 14 heavy (non-hydrogen) atoms. The molecule has 0 aliphatic rings. The molecular formula is C9H9F4P. The quantitative estimate of drug-likeness (QED) is 0.503. The van der Waals surface area contributed by atoms with Crippen molar-refractivity contribution in [2.45, 2.75) is 18.5 Å². The summed E-state index contributed by atoms with van der Waals surface area (Å²) in [6.07, 6.45) is -4.42. The summed E-state index contributed by atoms with van der Waals surface area (Å²) in [4.78, 5) is 0. The van der Waals surface area contributed by atoms with Crippen LogP contribution in [0.1, 0.15) is 18.1 Å². The van der Waals surface area contributed by atoms with E-state index in [0.717, 1.165) is 12.1 Å². The Bertz CT molecular complexity index is 295. The van der Waals surface area contributed by atoms with Crippen LogP contribution in [0.4, 0.5) is 17.6 Å². The molecule has 0 spiro atoms. The average Bonchev–Trinajstić information content (AvgIpc) is 2.01. The van der Waals surface area contributed by atoms with Gasteiger partial charge >= 0.3 is 6.18 Å². The molecule has 5 heteroatoms. The van der Waals surface area contributed by atoms with Crippen LogP contribution in [0.3, 0.4) is 0 Å². The minimum atomic E-state index is -4.42. The van der Waals surface area contributed by atoms with Gasteiger partial charge in [-0.25, -0.2) is 4.39 Å². The van der Waals surface area contributed by atoms with E-state index >= 15 is 0 Å². The summed E-state index contributed by atoms with van der Waals surface area (Å²) < 4.78 is 50.0. The fourth-order valence-corrected chi connectivity index (χ4v) is 1.18. The van der Waals surface area contributed by atoms with Crippen molar-refractivity contribution in [1.82, 2.24) is 0 Å². The molecule has 0 bridgehead atoms. The molecule has 0 amide bonds. The number of alkyl halides is 4. The monoisotopic (exact) mass is 224 g/mol. The van der Waals surface area contributed by atoms with Crippen molar-refractivity contribution in [3.63, 3.8) is 0 Å². The first-order valence-electron chi connectivity index (χ1n) is 3.87. The Morgan fingerprint density at radius 3 is 2.00 bits per heavy atom. The Hall–Kier alpha value is -0.630. The number of hydrogen-bond donors (Lipinski definition) is 0. The number of halogens is 4. The van der Waals surface area contributed by atoms with Gasteiger partial charge in [0.1, 0.15) is 5.41 Å². The van der Waals surface area contributed by atoms with Gasteiger partial charge in [-0.05, 0) is 24.6 Å². The van der Waals surface area contributed by atoms with Crippen LogP contribution >= 0.6 is 9.24 Å². The molecule has 2 unspecified atom stereocenters. The van der Waals surface area contributed by atoms with Crippen LogP contribution < -0.4 is 0 Å². The largest absolute Gasteiger partial charge is 0.416 e. The second-order valence-corrected chi connectivity index (χ2v) is 4.24. The lowest BCUT2D eigenvalue weighted by atomic mass is 10.1. The molecular weight excluding hydrogens is 215 g/mol. The first kappa shape index (κ1) is 11.4. The van der Waals surface area contributed by atoms with E-state index in [0.29, 0.717) is 0 Å². The molecule has 0 heterocycles. The highest BCUT2D eigenvalue weighted by Gasteiger charge is 2.32. The average molecular weight is 224 g/mol. The van der Waals surface area contributed by atoms with E-state index in [9.17, 15) is 17.6 Å². The van der Waals surface area contributed by atoms with Crippen LogP contribution in [0.25, 0.3) is 0 Å². The summed E-state index contributed by atoms with van der Waals surface area (Å²) in [5, 5.41) is -1.83. The van der Waals surface area contributed by atoms with Gasteiger partial charge in [-0.2, -0.15) is 13.2 Å². The molecule has 0 N–H and O–H groups in total. The Kier molecular flexibility index (Phi) is 2.86. The van der Waals surface area contributed by atoms with Gasteiger partial charge in [0.05, 0.1) is 5.56 Å². The lowest BCUT2D eigenvalue weighted by molar-refractivity contribution is -0.137. The zero-order chi connectivity index (χ0) is 11.0. The van der Waals surface area contributed by atoms with E-state index in [1.165, 1.54) is 19.1 Å². The maximum Gasteiger partial charge on any atom is 0.416 e. The van der Waals surface area contributed by atoms with Crippen molar-refractivity contribution in [2.75, 3.05) is 0 Å². The fraction of sp³-hybridized carbons (Fsp3) is 0.333. The maximum absolute atomic E-state index is 13.3. The van der Waals surface area contributed by atoms with Crippen LogP contribution in [-0.4, -0.2) is 0 Å². The SMILES string of the molecule is CC(F)(P)c1cccc(C(F)(F)F)c1. The number of rotatable bonds is 1. The second kappa shape index (κ2) is 3.50. The topological polar surface area (TPSA) is 0 Å². The Morgan fingerprint density at radius 1 is 1.07 bits per heavy atom. The lowest BCUT2D eigenvalue weighted by Crippen LogP contribution is -2.09. The highest BCUT2D eigenvalue weighted by Crippen LogP contribution is 2.36. The zero-order valence-corrected chi connectivity index (χ0v) is 8.55. The van der Waals surface area contributed by atoms with Crippen molar-refractivity contribution in [1.29, 1.82) is 0 Å². The minimum absolute atomic E-state index is 0.00248. The number of benzene rings is 1. The molecule has 2 atom stereocenters. The smallest absolute Gasteiger partial charge is 0.235 e. The third-order valence-corrected chi connectivity index (χ3v) is 2.09. The van der Waals surface area contributed by atoms with Gasteiger partial charge in [-0.3, -0.25) is 0 Å². The summed E-state index contributed by atoms with van der Waals surface area (Å²) in [6.45, 7) is 1.19. The van der Waals surface area contributed by atoms with Gasteiger partial charge in [0, 0.05) is 0 Å². The molecule has 0 radical (unpaired) electrons. The van der Waals surface area contributed by atoms with Crippen molar-refractivity contribution in [3.05, 3.63) is 35.4 Å². The third-order valence-electron chi connectivity index (χ3n) is 1.75. The van der Waals surface area contributed by atoms with Crippen LogP contribution in [0.15, 0.2) is 24.3 Å². The molecule has 0 fully saturated rings. The normalized spacial score (nSPS) is 16.4. The first-order valence-corrected chi connectivity index (χ1v) is 4.44. The molecule has 1 rings (SSSR count). The Labute approximate surface area is 81.5 Å². The molecule has 0 aromatic heterocycles. The van der Waals surface area contributed by atoms with Crippen molar-refractivity contribution in [2.24, 2.45) is 0 Å². The lowest BCUT2D eigenvalue weighted by Gasteiger charge is -2.16.